The van der Waals surface area contributed by atoms with Crippen LogP contribution in [0.1, 0.15) is 66.1 Å². The zero-order valence-electron chi connectivity index (χ0n) is 35.0. The molecule has 0 spiro atoms. The molecule has 310 valence electrons. The van der Waals surface area contributed by atoms with Crippen molar-refractivity contribution in [2.45, 2.75) is 50.7 Å². The van der Waals surface area contributed by atoms with Gasteiger partial charge < -0.3 is 14.6 Å². The van der Waals surface area contributed by atoms with Gasteiger partial charge in [0.25, 0.3) is 0 Å². The zero-order valence-corrected chi connectivity index (χ0v) is 35.0. The van der Waals surface area contributed by atoms with Gasteiger partial charge in [-0.15, -0.1) is 0 Å². The quantitative estimate of drug-likeness (QED) is 0.131. The molecular formula is C50H45FN8O3. The molecule has 2 amide bonds. The van der Waals surface area contributed by atoms with Gasteiger partial charge in [-0.2, -0.15) is 5.10 Å². The second kappa shape index (κ2) is 15.9. The lowest BCUT2D eigenvalue weighted by Crippen LogP contribution is -2.36. The van der Waals surface area contributed by atoms with Crippen molar-refractivity contribution < 1.29 is 18.7 Å². The number of carbonyl (C=O) groups excluding carboxylic acids is 2. The highest BCUT2D eigenvalue weighted by Gasteiger charge is 2.58. The average Bonchev–Trinajstić information content (AvgIpc) is 3.53. The second-order valence-corrected chi connectivity index (χ2v) is 16.7. The molecule has 1 aliphatic rings. The first-order valence-corrected chi connectivity index (χ1v) is 20.5. The van der Waals surface area contributed by atoms with Crippen LogP contribution < -0.4 is 10.6 Å². The summed E-state index contributed by atoms with van der Waals surface area (Å²) < 4.78 is 25.8. The molecule has 0 saturated heterocycles. The lowest BCUT2D eigenvalue weighted by Gasteiger charge is -2.37. The number of fused-ring (bicyclic) bond motifs is 1. The number of carbonyl (C=O) groups is 2. The van der Waals surface area contributed by atoms with E-state index in [1.165, 1.54) is 6.20 Å². The molecule has 0 aliphatic heterocycles. The Hall–Kier alpha value is -7.47. The van der Waals surface area contributed by atoms with E-state index in [1.54, 1.807) is 62.2 Å². The number of halogens is 1. The van der Waals surface area contributed by atoms with E-state index in [9.17, 15) is 9.59 Å². The number of pyridine rings is 2. The van der Waals surface area contributed by atoms with E-state index in [2.05, 4.69) is 72.9 Å². The smallest absolute Gasteiger partial charge is 0.412 e. The molecule has 11 nitrogen and oxygen atoms in total. The SMILES string of the molecule is Cc1ccncc1-c1cc2cc(NC(=O)C3C(c4cnn(C)c4)C3c3cn(C(c4ccccc4)(c4ccccc4)c4ccccc4)cn3)ncc2c(NC(=O)OC(C)(C)C)c1F. The van der Waals surface area contributed by atoms with Gasteiger partial charge in [-0.1, -0.05) is 91.0 Å². The highest BCUT2D eigenvalue weighted by Crippen LogP contribution is 2.60. The fourth-order valence-corrected chi connectivity index (χ4v) is 8.73. The monoisotopic (exact) mass is 824 g/mol. The third-order valence-corrected chi connectivity index (χ3v) is 11.5. The molecule has 3 atom stereocenters. The Kier molecular flexibility index (Phi) is 10.2. The number of hydrogen-bond acceptors (Lipinski definition) is 7. The van der Waals surface area contributed by atoms with Gasteiger partial charge in [0.05, 0.1) is 29.8 Å². The van der Waals surface area contributed by atoms with E-state index in [1.807, 2.05) is 81.1 Å². The van der Waals surface area contributed by atoms with Crippen molar-refractivity contribution in [3.05, 3.63) is 192 Å². The molecular weight excluding hydrogens is 780 g/mol. The lowest BCUT2D eigenvalue weighted by atomic mass is 9.77. The summed E-state index contributed by atoms with van der Waals surface area (Å²) in [6.45, 7) is 7.05. The van der Waals surface area contributed by atoms with E-state index in [-0.39, 0.29) is 34.8 Å². The van der Waals surface area contributed by atoms with Gasteiger partial charge in [0.2, 0.25) is 5.91 Å². The maximum atomic E-state index is 16.5. The Balaban J connectivity index is 1.09. The highest BCUT2D eigenvalue weighted by molar-refractivity contribution is 6.05. The van der Waals surface area contributed by atoms with E-state index >= 15 is 4.39 Å². The topological polar surface area (TPSA) is 129 Å². The van der Waals surface area contributed by atoms with E-state index in [4.69, 9.17) is 9.72 Å². The van der Waals surface area contributed by atoms with Crippen molar-refractivity contribution in [1.29, 1.82) is 0 Å². The molecule has 1 saturated carbocycles. The number of anilines is 2. The van der Waals surface area contributed by atoms with E-state index in [0.29, 0.717) is 16.3 Å². The Morgan fingerprint density at radius 1 is 0.758 bits per heavy atom. The van der Waals surface area contributed by atoms with Crippen LogP contribution >= 0.6 is 0 Å². The molecule has 0 radical (unpaired) electrons. The first-order valence-electron chi connectivity index (χ1n) is 20.5. The largest absolute Gasteiger partial charge is 0.444 e. The van der Waals surface area contributed by atoms with Crippen LogP contribution in [0, 0.1) is 18.7 Å². The van der Waals surface area contributed by atoms with Crippen molar-refractivity contribution in [3.8, 4) is 11.1 Å². The third-order valence-electron chi connectivity index (χ3n) is 11.5. The van der Waals surface area contributed by atoms with Crippen LogP contribution in [0.25, 0.3) is 21.9 Å². The fourth-order valence-electron chi connectivity index (χ4n) is 8.73. The number of ether oxygens (including phenoxy) is 1. The molecule has 9 rings (SSSR count). The minimum absolute atomic E-state index is 0.0903. The van der Waals surface area contributed by atoms with Crippen LogP contribution in [0.2, 0.25) is 0 Å². The first-order chi connectivity index (χ1) is 29.9. The molecule has 2 N–H and O–H groups in total. The molecule has 3 unspecified atom stereocenters. The summed E-state index contributed by atoms with van der Waals surface area (Å²) in [6.07, 6.45) is 11.5. The van der Waals surface area contributed by atoms with Crippen LogP contribution in [-0.4, -0.2) is 46.9 Å². The van der Waals surface area contributed by atoms with Crippen molar-refractivity contribution in [1.82, 2.24) is 29.3 Å². The van der Waals surface area contributed by atoms with Gasteiger partial charge in [-0.05, 0) is 79.1 Å². The predicted octanol–water partition coefficient (Wildman–Crippen LogP) is 10.00. The molecule has 4 heterocycles. The number of amides is 2. The van der Waals surface area contributed by atoms with Gasteiger partial charge in [0.1, 0.15) is 17.0 Å². The van der Waals surface area contributed by atoms with Crippen LogP contribution in [0.3, 0.4) is 0 Å². The van der Waals surface area contributed by atoms with E-state index in [0.717, 1.165) is 33.5 Å². The Morgan fingerprint density at radius 2 is 1.40 bits per heavy atom. The van der Waals surface area contributed by atoms with Crippen molar-refractivity contribution in [2.75, 3.05) is 10.6 Å². The number of imidazole rings is 1. The Bertz CT molecular complexity index is 2830. The molecule has 12 heteroatoms. The molecule has 1 fully saturated rings. The summed E-state index contributed by atoms with van der Waals surface area (Å²) in [6, 6.07) is 36.3. The molecule has 4 aromatic heterocycles. The van der Waals surface area contributed by atoms with Crippen molar-refractivity contribution >= 4 is 34.3 Å². The minimum Gasteiger partial charge on any atom is -0.444 e. The fraction of sp³-hybridized carbons (Fsp3) is 0.200. The normalized spacial score (nSPS) is 16.2. The van der Waals surface area contributed by atoms with Crippen LogP contribution in [0.15, 0.2) is 153 Å². The van der Waals surface area contributed by atoms with Gasteiger partial charge >= 0.3 is 6.09 Å². The summed E-state index contributed by atoms with van der Waals surface area (Å²) in [5, 5.41) is 11.0. The van der Waals surface area contributed by atoms with Gasteiger partial charge in [-0.3, -0.25) is 19.8 Å². The highest BCUT2D eigenvalue weighted by atomic mass is 19.1. The van der Waals surface area contributed by atoms with E-state index < -0.39 is 29.0 Å². The number of hydrogen-bond donors (Lipinski definition) is 2. The standard InChI is InChI=1S/C50H45FN8O3/c1-31-21-22-52-26-38(31)37-23-32-24-41(53-27-39(32)46(45(37)51)57-48(61)62-49(2,3)4)56-47(60)44-42(33-25-55-58(5)28-33)43(44)40-29-59(30-54-40)50(34-15-9-6-10-16-34,35-17-11-7-12-18-35)36-19-13-8-14-20-36/h6-30,42-44H,1-5H3,(H,57,61)(H,53,56,60). The average molecular weight is 825 g/mol. The molecule has 4 aromatic carbocycles. The Morgan fingerprint density at radius 3 is 1.98 bits per heavy atom. The molecule has 1 aliphatic carbocycles. The van der Waals surface area contributed by atoms with Crippen LogP contribution in [0.4, 0.5) is 20.7 Å². The summed E-state index contributed by atoms with van der Waals surface area (Å²) >= 11 is 0. The maximum absolute atomic E-state index is 16.5. The zero-order chi connectivity index (χ0) is 43.2. The minimum atomic E-state index is -0.815. The molecule has 0 bridgehead atoms. The van der Waals surface area contributed by atoms with Gasteiger partial charge in [0, 0.05) is 66.4 Å². The third kappa shape index (κ3) is 7.37. The number of nitrogens with zero attached hydrogens (tertiary/aromatic N) is 6. The first kappa shape index (κ1) is 40.0. The maximum Gasteiger partial charge on any atom is 0.412 e. The number of aromatic nitrogens is 6. The van der Waals surface area contributed by atoms with Crippen LogP contribution in [-0.2, 0) is 22.1 Å². The number of aryl methyl sites for hydroxylation is 2. The Labute approximate surface area is 358 Å². The van der Waals surface area contributed by atoms with Crippen molar-refractivity contribution in [3.63, 3.8) is 0 Å². The summed E-state index contributed by atoms with van der Waals surface area (Å²) in [5.74, 6) is -1.64. The molecule has 62 heavy (non-hydrogen) atoms. The lowest BCUT2D eigenvalue weighted by molar-refractivity contribution is -0.117. The summed E-state index contributed by atoms with van der Waals surface area (Å²) in [4.78, 5) is 41.4. The van der Waals surface area contributed by atoms with Crippen molar-refractivity contribution in [2.24, 2.45) is 13.0 Å². The van der Waals surface area contributed by atoms with Gasteiger partial charge in [-0.25, -0.2) is 19.2 Å². The van der Waals surface area contributed by atoms with Gasteiger partial charge in [0.15, 0.2) is 5.82 Å². The molecule has 8 aromatic rings. The number of nitrogens with one attached hydrogen (secondary N) is 2. The second-order valence-electron chi connectivity index (χ2n) is 16.7. The summed E-state index contributed by atoms with van der Waals surface area (Å²) in [7, 11) is 1.85. The number of benzene rings is 4. The summed E-state index contributed by atoms with van der Waals surface area (Å²) in [5.41, 5.74) is 4.76. The van der Waals surface area contributed by atoms with Crippen LogP contribution in [0.5, 0.6) is 0 Å². The number of rotatable bonds is 10. The predicted molar refractivity (Wildman–Crippen MR) is 237 cm³/mol.